The van der Waals surface area contributed by atoms with Gasteiger partial charge >= 0.3 is 0 Å². The molecule has 5 heteroatoms. The summed E-state index contributed by atoms with van der Waals surface area (Å²) < 4.78 is 26.5. The molecule has 2 aromatic carbocycles. The maximum absolute atomic E-state index is 12.5. The Balaban J connectivity index is 1.92. The van der Waals surface area contributed by atoms with Crippen molar-refractivity contribution in [3.63, 3.8) is 0 Å². The molecule has 100 valence electrons. The normalized spacial score (nSPS) is 14.8. The van der Waals surface area contributed by atoms with E-state index in [0.29, 0.717) is 18.7 Å². The summed E-state index contributed by atoms with van der Waals surface area (Å²) in [6.07, 6.45) is 0. The van der Waals surface area contributed by atoms with Gasteiger partial charge in [-0.1, -0.05) is 24.3 Å². The minimum atomic E-state index is -3.51. The number of fused-ring (bicyclic) bond motifs is 1. The van der Waals surface area contributed by atoms with E-state index in [1.165, 1.54) is 28.6 Å². The minimum Gasteiger partial charge on any atom is -0.207 e. The van der Waals surface area contributed by atoms with Crippen molar-refractivity contribution in [2.24, 2.45) is 0 Å². The standard InChI is InChI=1S/C15H12N2O2S/c16-9-12-5-7-15(8-6-12)20(18,19)17-10-13-3-1-2-4-14(13)11-17/h1-8H,10-11H2. The number of sulfonamides is 1. The molecule has 0 bridgehead atoms. The fourth-order valence-electron chi connectivity index (χ4n) is 2.32. The molecule has 0 unspecified atom stereocenters. The Labute approximate surface area is 117 Å². The lowest BCUT2D eigenvalue weighted by Gasteiger charge is -2.15. The van der Waals surface area contributed by atoms with E-state index in [1.807, 2.05) is 30.3 Å². The van der Waals surface area contributed by atoms with Crippen LogP contribution in [0.3, 0.4) is 0 Å². The molecule has 0 saturated heterocycles. The van der Waals surface area contributed by atoms with E-state index in [4.69, 9.17) is 5.26 Å². The maximum Gasteiger partial charge on any atom is 0.243 e. The number of rotatable bonds is 2. The van der Waals surface area contributed by atoms with Gasteiger partial charge in [0.25, 0.3) is 0 Å². The van der Waals surface area contributed by atoms with Crippen molar-refractivity contribution < 1.29 is 8.42 Å². The van der Waals surface area contributed by atoms with Gasteiger partial charge in [0.05, 0.1) is 16.5 Å². The summed E-state index contributed by atoms with van der Waals surface area (Å²) in [5.41, 5.74) is 2.54. The van der Waals surface area contributed by atoms with E-state index < -0.39 is 10.0 Å². The van der Waals surface area contributed by atoms with Crippen LogP contribution in [0.4, 0.5) is 0 Å². The molecule has 0 aliphatic carbocycles. The summed E-state index contributed by atoms with van der Waals surface area (Å²) in [4.78, 5) is 0.226. The molecule has 0 amide bonds. The van der Waals surface area contributed by atoms with Gasteiger partial charge < -0.3 is 0 Å². The van der Waals surface area contributed by atoms with E-state index in [1.54, 1.807) is 0 Å². The maximum atomic E-state index is 12.5. The molecule has 0 aromatic heterocycles. The topological polar surface area (TPSA) is 61.2 Å². The van der Waals surface area contributed by atoms with E-state index >= 15 is 0 Å². The largest absolute Gasteiger partial charge is 0.243 e. The first-order valence-corrected chi connectivity index (χ1v) is 7.62. The summed E-state index contributed by atoms with van der Waals surface area (Å²) in [7, 11) is -3.51. The molecule has 1 aliphatic rings. The quantitative estimate of drug-likeness (QED) is 0.850. The highest BCUT2D eigenvalue weighted by atomic mass is 32.2. The Kier molecular flexibility index (Phi) is 3.05. The monoisotopic (exact) mass is 284 g/mol. The van der Waals surface area contributed by atoms with E-state index in [0.717, 1.165) is 11.1 Å². The van der Waals surface area contributed by atoms with Gasteiger partial charge in [-0.3, -0.25) is 0 Å². The van der Waals surface area contributed by atoms with Gasteiger partial charge in [-0.25, -0.2) is 8.42 Å². The smallest absolute Gasteiger partial charge is 0.207 e. The van der Waals surface area contributed by atoms with Crippen LogP contribution >= 0.6 is 0 Å². The Bertz CT molecular complexity index is 764. The molecular weight excluding hydrogens is 272 g/mol. The summed E-state index contributed by atoms with van der Waals surface area (Å²) >= 11 is 0. The average Bonchev–Trinajstić information content (AvgIpc) is 2.92. The molecule has 0 spiro atoms. The first-order valence-electron chi connectivity index (χ1n) is 6.18. The number of benzene rings is 2. The van der Waals surface area contributed by atoms with Crippen LogP contribution in [-0.2, 0) is 23.1 Å². The van der Waals surface area contributed by atoms with Gasteiger partial charge in [-0.2, -0.15) is 9.57 Å². The fraction of sp³-hybridized carbons (Fsp3) is 0.133. The van der Waals surface area contributed by atoms with Crippen molar-refractivity contribution in [1.82, 2.24) is 4.31 Å². The molecule has 0 atom stereocenters. The highest BCUT2D eigenvalue weighted by Gasteiger charge is 2.30. The van der Waals surface area contributed by atoms with Gasteiger partial charge in [0.2, 0.25) is 10.0 Å². The molecule has 2 aromatic rings. The molecule has 0 saturated carbocycles. The Morgan fingerprint density at radius 2 is 1.50 bits per heavy atom. The summed E-state index contributed by atoms with van der Waals surface area (Å²) in [6.45, 7) is 0.803. The third kappa shape index (κ3) is 2.09. The average molecular weight is 284 g/mol. The SMILES string of the molecule is N#Cc1ccc(S(=O)(=O)N2Cc3ccccc3C2)cc1. The number of hydrogen-bond donors (Lipinski definition) is 0. The second-order valence-corrected chi connectivity index (χ2v) is 6.62. The molecular formula is C15H12N2O2S. The van der Waals surface area contributed by atoms with Crippen molar-refractivity contribution in [2.75, 3.05) is 0 Å². The zero-order valence-corrected chi connectivity index (χ0v) is 11.5. The first kappa shape index (κ1) is 12.9. The molecule has 0 radical (unpaired) electrons. The van der Waals surface area contributed by atoms with Crippen LogP contribution in [0.2, 0.25) is 0 Å². The Morgan fingerprint density at radius 3 is 2.00 bits per heavy atom. The number of nitrogens with zero attached hydrogens (tertiary/aromatic N) is 2. The third-order valence-corrected chi connectivity index (χ3v) is 5.24. The van der Waals surface area contributed by atoms with Crippen LogP contribution in [0.15, 0.2) is 53.4 Å². The van der Waals surface area contributed by atoms with Crippen molar-refractivity contribution in [1.29, 1.82) is 5.26 Å². The van der Waals surface area contributed by atoms with Gasteiger partial charge in [0, 0.05) is 13.1 Å². The van der Waals surface area contributed by atoms with Gasteiger partial charge in [-0.05, 0) is 35.4 Å². The molecule has 0 N–H and O–H groups in total. The Hall–Kier alpha value is -2.16. The molecule has 0 fully saturated rings. The van der Waals surface area contributed by atoms with Gasteiger partial charge in [0.1, 0.15) is 0 Å². The summed E-state index contributed by atoms with van der Waals surface area (Å²) in [5, 5.41) is 8.75. The summed E-state index contributed by atoms with van der Waals surface area (Å²) in [5.74, 6) is 0. The third-order valence-electron chi connectivity index (χ3n) is 3.43. The van der Waals surface area contributed by atoms with E-state index in [2.05, 4.69) is 0 Å². The van der Waals surface area contributed by atoms with Crippen LogP contribution in [0.5, 0.6) is 0 Å². The fourth-order valence-corrected chi connectivity index (χ4v) is 3.72. The molecule has 3 rings (SSSR count). The highest BCUT2D eigenvalue weighted by molar-refractivity contribution is 7.89. The minimum absolute atomic E-state index is 0.226. The second-order valence-electron chi connectivity index (χ2n) is 4.68. The van der Waals surface area contributed by atoms with Crippen LogP contribution in [0, 0.1) is 11.3 Å². The van der Waals surface area contributed by atoms with Crippen LogP contribution in [-0.4, -0.2) is 12.7 Å². The predicted molar refractivity (Wildman–Crippen MR) is 74.0 cm³/mol. The molecule has 1 aliphatic heterocycles. The van der Waals surface area contributed by atoms with Crippen molar-refractivity contribution >= 4 is 10.0 Å². The van der Waals surface area contributed by atoms with Gasteiger partial charge in [0.15, 0.2) is 0 Å². The van der Waals surface area contributed by atoms with Crippen LogP contribution in [0.25, 0.3) is 0 Å². The highest BCUT2D eigenvalue weighted by Crippen LogP contribution is 2.28. The first-order chi connectivity index (χ1) is 9.61. The summed E-state index contributed by atoms with van der Waals surface area (Å²) in [6, 6.07) is 15.7. The zero-order chi connectivity index (χ0) is 14.2. The van der Waals surface area contributed by atoms with Crippen LogP contribution < -0.4 is 0 Å². The number of hydrogen-bond acceptors (Lipinski definition) is 3. The zero-order valence-electron chi connectivity index (χ0n) is 10.7. The van der Waals surface area contributed by atoms with Gasteiger partial charge in [-0.15, -0.1) is 0 Å². The van der Waals surface area contributed by atoms with Crippen molar-refractivity contribution in [2.45, 2.75) is 18.0 Å². The second kappa shape index (κ2) is 4.75. The lowest BCUT2D eigenvalue weighted by molar-refractivity contribution is 0.431. The molecule has 20 heavy (non-hydrogen) atoms. The lowest BCUT2D eigenvalue weighted by atomic mass is 10.1. The van der Waals surface area contributed by atoms with Crippen molar-refractivity contribution in [3.8, 4) is 6.07 Å². The lowest BCUT2D eigenvalue weighted by Crippen LogP contribution is -2.25. The molecule has 4 nitrogen and oxygen atoms in total. The molecule has 1 heterocycles. The van der Waals surface area contributed by atoms with E-state index in [9.17, 15) is 8.42 Å². The van der Waals surface area contributed by atoms with E-state index in [-0.39, 0.29) is 4.90 Å². The Morgan fingerprint density at radius 1 is 0.950 bits per heavy atom. The van der Waals surface area contributed by atoms with Crippen molar-refractivity contribution in [3.05, 3.63) is 65.2 Å². The number of nitriles is 1. The predicted octanol–water partition coefficient (Wildman–Crippen LogP) is 2.26. The van der Waals surface area contributed by atoms with Crippen LogP contribution in [0.1, 0.15) is 16.7 Å².